The fourth-order valence-corrected chi connectivity index (χ4v) is 10.1. The highest BCUT2D eigenvalue weighted by molar-refractivity contribution is 7.26. The van der Waals surface area contributed by atoms with E-state index in [1.807, 2.05) is 28.7 Å². The van der Waals surface area contributed by atoms with E-state index in [9.17, 15) is 0 Å². The quantitative estimate of drug-likeness (QED) is 0.170. The first-order valence-electron chi connectivity index (χ1n) is 18.7. The van der Waals surface area contributed by atoms with Crippen LogP contribution in [-0.4, -0.2) is 15.0 Å². The van der Waals surface area contributed by atoms with Crippen LogP contribution in [0.25, 0.3) is 108 Å². The molecule has 0 bridgehead atoms. The van der Waals surface area contributed by atoms with Crippen LogP contribution in [0.4, 0.5) is 0 Å². The Morgan fingerprint density at radius 2 is 0.661 bits per heavy atom. The molecule has 0 atom stereocenters. The van der Waals surface area contributed by atoms with Gasteiger partial charge in [-0.2, -0.15) is 0 Å². The van der Waals surface area contributed by atoms with Gasteiger partial charge in [0.15, 0.2) is 17.5 Å². The lowest BCUT2D eigenvalue weighted by Gasteiger charge is -2.11. The van der Waals surface area contributed by atoms with Crippen molar-refractivity contribution in [3.05, 3.63) is 188 Å². The Balaban J connectivity index is 1.02. The third-order valence-electron chi connectivity index (χ3n) is 10.6. The van der Waals surface area contributed by atoms with Gasteiger partial charge in [0.2, 0.25) is 0 Å². The highest BCUT2D eigenvalue weighted by Crippen LogP contribution is 2.42. The molecule has 11 rings (SSSR count). The zero-order valence-corrected chi connectivity index (χ0v) is 31.7. The number of hydrogen-bond acceptors (Lipinski definition) is 5. The summed E-state index contributed by atoms with van der Waals surface area (Å²) in [5.41, 5.74) is 9.87. The fourth-order valence-electron chi connectivity index (χ4n) is 7.86. The lowest BCUT2D eigenvalue weighted by molar-refractivity contribution is 1.07. The largest absolute Gasteiger partial charge is 0.208 e. The second-order valence-corrected chi connectivity index (χ2v) is 16.1. The molecule has 56 heavy (non-hydrogen) atoms. The van der Waals surface area contributed by atoms with Gasteiger partial charge in [-0.05, 0) is 63.7 Å². The summed E-state index contributed by atoms with van der Waals surface area (Å²) < 4.78 is 5.20. The summed E-state index contributed by atoms with van der Waals surface area (Å²) in [7, 11) is 0. The van der Waals surface area contributed by atoms with Crippen molar-refractivity contribution in [3.8, 4) is 67.5 Å². The third-order valence-corrected chi connectivity index (χ3v) is 12.8. The number of hydrogen-bond donors (Lipinski definition) is 0. The summed E-state index contributed by atoms with van der Waals surface area (Å²) in [5, 5.41) is 5.19. The van der Waals surface area contributed by atoms with E-state index in [-0.39, 0.29) is 0 Å². The highest BCUT2D eigenvalue weighted by Gasteiger charge is 2.16. The van der Waals surface area contributed by atoms with Crippen molar-refractivity contribution in [2.75, 3.05) is 0 Å². The van der Waals surface area contributed by atoms with E-state index in [0.29, 0.717) is 17.5 Å². The minimum atomic E-state index is 0.638. The number of fused-ring (bicyclic) bond motifs is 6. The monoisotopic (exact) mass is 749 g/mol. The van der Waals surface area contributed by atoms with Crippen LogP contribution in [0.15, 0.2) is 188 Å². The van der Waals surface area contributed by atoms with Gasteiger partial charge >= 0.3 is 0 Å². The van der Waals surface area contributed by atoms with Crippen molar-refractivity contribution >= 4 is 63.0 Å². The number of aromatic nitrogens is 3. The smallest absolute Gasteiger partial charge is 0.164 e. The van der Waals surface area contributed by atoms with Gasteiger partial charge < -0.3 is 0 Å². The Bertz CT molecular complexity index is 3060. The van der Waals surface area contributed by atoms with E-state index in [2.05, 4.69) is 182 Å². The molecule has 0 radical (unpaired) electrons. The maximum atomic E-state index is 5.13. The van der Waals surface area contributed by atoms with E-state index in [1.54, 1.807) is 0 Å². The van der Waals surface area contributed by atoms with E-state index in [0.717, 1.165) is 38.9 Å². The summed E-state index contributed by atoms with van der Waals surface area (Å²) in [6, 6.07) is 66.8. The zero-order chi connectivity index (χ0) is 37.0. The maximum Gasteiger partial charge on any atom is 0.164 e. The molecule has 0 aliphatic carbocycles. The summed E-state index contributed by atoms with van der Waals surface area (Å²) in [4.78, 5) is 15.4. The minimum absolute atomic E-state index is 0.638. The molecule has 0 N–H and O–H groups in total. The van der Waals surface area contributed by atoms with Gasteiger partial charge in [0.1, 0.15) is 0 Å². The van der Waals surface area contributed by atoms with E-state index in [1.165, 1.54) is 51.5 Å². The van der Waals surface area contributed by atoms with Crippen LogP contribution in [-0.2, 0) is 0 Å². The lowest BCUT2D eigenvalue weighted by atomic mass is 9.98. The normalized spacial score (nSPS) is 11.6. The molecule has 0 saturated heterocycles. The van der Waals surface area contributed by atoms with Crippen molar-refractivity contribution in [3.63, 3.8) is 0 Å². The van der Waals surface area contributed by atoms with Crippen LogP contribution in [0, 0.1) is 0 Å². The molecule has 0 fully saturated rings. The molecule has 11 aromatic rings. The second-order valence-electron chi connectivity index (χ2n) is 14.0. The third kappa shape index (κ3) is 5.68. The average Bonchev–Trinajstić information content (AvgIpc) is 3.86. The van der Waals surface area contributed by atoms with Crippen LogP contribution in [0.5, 0.6) is 0 Å². The molecule has 3 heterocycles. The Labute approximate surface area is 331 Å². The highest BCUT2D eigenvalue weighted by atomic mass is 32.1. The first-order valence-corrected chi connectivity index (χ1v) is 20.3. The Hall–Kier alpha value is -6.79. The molecular weight excluding hydrogens is 719 g/mol. The van der Waals surface area contributed by atoms with Gasteiger partial charge in [0.25, 0.3) is 0 Å². The molecule has 8 aromatic carbocycles. The van der Waals surface area contributed by atoms with E-state index >= 15 is 0 Å². The summed E-state index contributed by atoms with van der Waals surface area (Å²) in [6.45, 7) is 0. The second kappa shape index (κ2) is 13.5. The molecule has 0 aliphatic rings. The van der Waals surface area contributed by atoms with Gasteiger partial charge in [-0.25, -0.2) is 15.0 Å². The SMILES string of the molecule is c1ccc(-c2cccc(-c3nc(-c4ccc(-c5cccc6sc7ccccc7c56)cc4)nc(-c4ccc(-c5cccc6sc7ccccc7c56)cc4)n3)c2)cc1. The van der Waals surface area contributed by atoms with Crippen LogP contribution < -0.4 is 0 Å². The predicted molar refractivity (Wildman–Crippen MR) is 238 cm³/mol. The van der Waals surface area contributed by atoms with Gasteiger partial charge in [-0.15, -0.1) is 22.7 Å². The maximum absolute atomic E-state index is 5.13. The molecular formula is C51H31N3S2. The van der Waals surface area contributed by atoms with Crippen molar-refractivity contribution in [2.24, 2.45) is 0 Å². The van der Waals surface area contributed by atoms with Gasteiger partial charge in [0, 0.05) is 57.0 Å². The summed E-state index contributed by atoms with van der Waals surface area (Å²) in [6.07, 6.45) is 0. The van der Waals surface area contributed by atoms with Crippen LogP contribution >= 0.6 is 22.7 Å². The lowest BCUT2D eigenvalue weighted by Crippen LogP contribution is -2.00. The van der Waals surface area contributed by atoms with Crippen LogP contribution in [0.2, 0.25) is 0 Å². The minimum Gasteiger partial charge on any atom is -0.208 e. The number of rotatable bonds is 6. The van der Waals surface area contributed by atoms with Crippen molar-refractivity contribution in [1.82, 2.24) is 15.0 Å². The average molecular weight is 750 g/mol. The van der Waals surface area contributed by atoms with Gasteiger partial charge in [-0.1, -0.05) is 158 Å². The van der Waals surface area contributed by atoms with Crippen molar-refractivity contribution in [2.45, 2.75) is 0 Å². The van der Waals surface area contributed by atoms with Crippen molar-refractivity contribution in [1.29, 1.82) is 0 Å². The number of thiophene rings is 2. The molecule has 0 unspecified atom stereocenters. The van der Waals surface area contributed by atoms with E-state index in [4.69, 9.17) is 15.0 Å². The van der Waals surface area contributed by atoms with Crippen LogP contribution in [0.1, 0.15) is 0 Å². The molecule has 3 nitrogen and oxygen atoms in total. The Morgan fingerprint density at radius 3 is 1.20 bits per heavy atom. The predicted octanol–water partition coefficient (Wildman–Crippen LogP) is 14.6. The Kier molecular flexibility index (Phi) is 7.87. The molecule has 0 aliphatic heterocycles. The standard InChI is InChI=1S/C51H31N3S2/c1-2-11-32(12-3-1)37-13-8-14-38(31-37)51-53-49(35-27-23-33(24-28-35)39-17-9-21-45-47(39)41-15-4-6-19-43(41)55-45)52-50(54-51)36-29-25-34(26-30-36)40-18-10-22-46-48(40)42-16-5-7-20-44(42)56-46/h1-31H. The summed E-state index contributed by atoms with van der Waals surface area (Å²) >= 11 is 3.69. The molecule has 5 heteroatoms. The summed E-state index contributed by atoms with van der Waals surface area (Å²) in [5.74, 6) is 1.92. The molecule has 0 spiro atoms. The van der Waals surface area contributed by atoms with Gasteiger partial charge in [0.05, 0.1) is 0 Å². The Morgan fingerprint density at radius 1 is 0.268 bits per heavy atom. The van der Waals surface area contributed by atoms with E-state index < -0.39 is 0 Å². The van der Waals surface area contributed by atoms with Gasteiger partial charge in [-0.3, -0.25) is 0 Å². The number of benzene rings is 8. The zero-order valence-electron chi connectivity index (χ0n) is 30.1. The molecule has 0 saturated carbocycles. The topological polar surface area (TPSA) is 38.7 Å². The molecule has 0 amide bonds. The van der Waals surface area contributed by atoms with Crippen LogP contribution in [0.3, 0.4) is 0 Å². The molecule has 3 aromatic heterocycles. The molecule has 262 valence electrons. The fraction of sp³-hybridized carbons (Fsp3) is 0. The van der Waals surface area contributed by atoms with Crippen molar-refractivity contribution < 1.29 is 0 Å². The first kappa shape index (κ1) is 32.6. The number of nitrogens with zero attached hydrogens (tertiary/aromatic N) is 3. The first-order chi connectivity index (χ1) is 27.7.